The number of thioether (sulfide) groups is 1. The number of nitrogens with zero attached hydrogens (tertiary/aromatic N) is 1. The van der Waals surface area contributed by atoms with Crippen LogP contribution < -0.4 is 5.73 Å². The highest BCUT2D eigenvalue weighted by Crippen LogP contribution is 2.28. The van der Waals surface area contributed by atoms with Crippen molar-refractivity contribution >= 4 is 17.6 Å². The lowest BCUT2D eigenvalue weighted by Crippen LogP contribution is -2.29. The summed E-state index contributed by atoms with van der Waals surface area (Å²) >= 11 is 1.99. The Balaban J connectivity index is 1.87. The topological polar surface area (TPSA) is 38.4 Å². The first kappa shape index (κ1) is 8.42. The van der Waals surface area contributed by atoms with Crippen molar-refractivity contribution in [2.24, 2.45) is 10.7 Å². The van der Waals surface area contributed by atoms with E-state index in [1.165, 1.54) is 37.9 Å². The minimum atomic E-state index is 0.541. The van der Waals surface area contributed by atoms with Crippen molar-refractivity contribution in [3.05, 3.63) is 0 Å². The quantitative estimate of drug-likeness (QED) is 0.525. The van der Waals surface area contributed by atoms with E-state index < -0.39 is 0 Å². The maximum absolute atomic E-state index is 5.92. The van der Waals surface area contributed by atoms with Crippen LogP contribution in [0.1, 0.15) is 32.1 Å². The number of nitrogens with two attached hydrogens (primary N) is 1. The fourth-order valence-electron chi connectivity index (χ4n) is 1.47. The van der Waals surface area contributed by atoms with Crippen LogP contribution in [-0.2, 0) is 0 Å². The molecule has 68 valence electrons. The van der Waals surface area contributed by atoms with Gasteiger partial charge in [0.15, 0.2) is 0 Å². The molecule has 0 spiro atoms. The molecule has 1 aliphatic carbocycles. The second kappa shape index (κ2) is 3.69. The molecule has 0 aromatic rings. The van der Waals surface area contributed by atoms with Crippen LogP contribution in [0.4, 0.5) is 0 Å². The maximum atomic E-state index is 5.92. The molecule has 1 saturated heterocycles. The Morgan fingerprint density at radius 3 is 2.67 bits per heavy atom. The van der Waals surface area contributed by atoms with E-state index in [9.17, 15) is 0 Å². The first-order chi connectivity index (χ1) is 5.86. The predicted octanol–water partition coefficient (Wildman–Crippen LogP) is 1.79. The van der Waals surface area contributed by atoms with Crippen molar-refractivity contribution < 1.29 is 0 Å². The van der Waals surface area contributed by atoms with Crippen molar-refractivity contribution in [1.82, 2.24) is 0 Å². The fraction of sp³-hybridized carbons (Fsp3) is 0.889. The zero-order valence-corrected chi connectivity index (χ0v) is 8.15. The molecular formula is C9H16N2S. The molecule has 0 bridgehead atoms. The van der Waals surface area contributed by atoms with E-state index in [1.807, 2.05) is 11.8 Å². The first-order valence-electron chi connectivity index (χ1n) is 4.81. The van der Waals surface area contributed by atoms with Crippen LogP contribution >= 0.6 is 11.8 Å². The average molecular weight is 184 g/mol. The van der Waals surface area contributed by atoms with Crippen molar-refractivity contribution in [2.75, 3.05) is 5.75 Å². The van der Waals surface area contributed by atoms with Crippen LogP contribution in [0, 0.1) is 0 Å². The number of hydrogen-bond acceptors (Lipinski definition) is 2. The van der Waals surface area contributed by atoms with Gasteiger partial charge in [0.2, 0.25) is 0 Å². The molecule has 0 aromatic carbocycles. The van der Waals surface area contributed by atoms with E-state index in [-0.39, 0.29) is 0 Å². The third-order valence-electron chi connectivity index (χ3n) is 2.39. The molecule has 2 N–H and O–H groups in total. The minimum absolute atomic E-state index is 0.541. The first-order valence-corrected chi connectivity index (χ1v) is 5.86. The molecule has 0 radical (unpaired) electrons. The third kappa shape index (κ3) is 2.16. The van der Waals surface area contributed by atoms with Crippen molar-refractivity contribution in [1.29, 1.82) is 0 Å². The largest absolute Gasteiger partial charge is 0.387 e. The Morgan fingerprint density at radius 2 is 2.08 bits per heavy atom. The Bertz CT molecular complexity index is 181. The number of hydrogen-bond donors (Lipinski definition) is 1. The summed E-state index contributed by atoms with van der Waals surface area (Å²) in [5.41, 5.74) is 5.92. The van der Waals surface area contributed by atoms with Gasteiger partial charge in [-0.25, -0.2) is 0 Å². The molecule has 1 unspecified atom stereocenters. The van der Waals surface area contributed by atoms with Gasteiger partial charge in [-0.3, -0.25) is 4.99 Å². The molecule has 1 heterocycles. The van der Waals surface area contributed by atoms with E-state index in [4.69, 9.17) is 5.73 Å². The highest BCUT2D eigenvalue weighted by Gasteiger charge is 2.23. The lowest BCUT2D eigenvalue weighted by atomic mass is 10.2. The smallest absolute Gasteiger partial charge is 0.107 e. The number of amidine groups is 1. The summed E-state index contributed by atoms with van der Waals surface area (Å²) in [4.78, 5) is 4.49. The van der Waals surface area contributed by atoms with Crippen LogP contribution in [0.5, 0.6) is 0 Å². The standard InChI is InChI=1S/C9H16N2S/c10-9(11-7-4-5-7)8-3-1-2-6-12-8/h7-8H,1-6H2,(H2,10,11). The molecule has 12 heavy (non-hydrogen) atoms. The van der Waals surface area contributed by atoms with Gasteiger partial charge in [0, 0.05) is 0 Å². The van der Waals surface area contributed by atoms with Gasteiger partial charge in [0.05, 0.1) is 11.3 Å². The van der Waals surface area contributed by atoms with Crippen LogP contribution in [0.2, 0.25) is 0 Å². The maximum Gasteiger partial charge on any atom is 0.107 e. The molecule has 1 saturated carbocycles. The zero-order valence-electron chi connectivity index (χ0n) is 7.33. The van der Waals surface area contributed by atoms with Crippen LogP contribution in [0.15, 0.2) is 4.99 Å². The lowest BCUT2D eigenvalue weighted by Gasteiger charge is -2.20. The second-order valence-electron chi connectivity index (χ2n) is 3.64. The summed E-state index contributed by atoms with van der Waals surface area (Å²) in [6.07, 6.45) is 6.46. The van der Waals surface area contributed by atoms with Gasteiger partial charge in [-0.1, -0.05) is 6.42 Å². The molecular weight excluding hydrogens is 168 g/mol. The van der Waals surface area contributed by atoms with E-state index in [1.54, 1.807) is 0 Å². The van der Waals surface area contributed by atoms with Gasteiger partial charge in [0.1, 0.15) is 5.84 Å². The summed E-state index contributed by atoms with van der Waals surface area (Å²) in [7, 11) is 0. The van der Waals surface area contributed by atoms with Crippen LogP contribution in [0.3, 0.4) is 0 Å². The summed E-state index contributed by atoms with van der Waals surface area (Å²) < 4.78 is 0. The molecule has 2 nitrogen and oxygen atoms in total. The van der Waals surface area contributed by atoms with Gasteiger partial charge in [-0.15, -0.1) is 0 Å². The van der Waals surface area contributed by atoms with Crippen LogP contribution in [-0.4, -0.2) is 22.9 Å². The van der Waals surface area contributed by atoms with E-state index in [2.05, 4.69) is 4.99 Å². The van der Waals surface area contributed by atoms with Crippen LogP contribution in [0.25, 0.3) is 0 Å². The molecule has 0 amide bonds. The normalized spacial score (nSPS) is 32.0. The van der Waals surface area contributed by atoms with E-state index in [0.717, 1.165) is 5.84 Å². The number of rotatable bonds is 2. The monoisotopic (exact) mass is 184 g/mol. The van der Waals surface area contributed by atoms with Crippen molar-refractivity contribution in [3.63, 3.8) is 0 Å². The van der Waals surface area contributed by atoms with Gasteiger partial charge in [0.25, 0.3) is 0 Å². The van der Waals surface area contributed by atoms with Crippen molar-refractivity contribution in [2.45, 2.75) is 43.4 Å². The Labute approximate surface area is 78.0 Å². The van der Waals surface area contributed by atoms with Gasteiger partial charge >= 0.3 is 0 Å². The molecule has 1 aliphatic heterocycles. The predicted molar refractivity (Wildman–Crippen MR) is 54.7 cm³/mol. The van der Waals surface area contributed by atoms with Gasteiger partial charge < -0.3 is 5.73 Å². The second-order valence-corrected chi connectivity index (χ2v) is 4.95. The van der Waals surface area contributed by atoms with Crippen molar-refractivity contribution in [3.8, 4) is 0 Å². The summed E-state index contributed by atoms with van der Waals surface area (Å²) in [5, 5.41) is 0.541. The lowest BCUT2D eigenvalue weighted by molar-refractivity contribution is 0.728. The zero-order chi connectivity index (χ0) is 8.39. The molecule has 2 aliphatic rings. The van der Waals surface area contributed by atoms with E-state index >= 15 is 0 Å². The minimum Gasteiger partial charge on any atom is -0.387 e. The highest BCUT2D eigenvalue weighted by molar-refractivity contribution is 8.00. The Kier molecular flexibility index (Phi) is 2.59. The SMILES string of the molecule is NC(=NC1CC1)C1CCCCS1. The Hall–Kier alpha value is -0.180. The molecule has 0 aromatic heterocycles. The molecule has 2 rings (SSSR count). The average Bonchev–Trinajstić information content (AvgIpc) is 2.90. The highest BCUT2D eigenvalue weighted by atomic mass is 32.2. The molecule has 2 fully saturated rings. The summed E-state index contributed by atoms with van der Waals surface area (Å²) in [6, 6.07) is 0.590. The van der Waals surface area contributed by atoms with Gasteiger partial charge in [-0.05, 0) is 31.4 Å². The summed E-state index contributed by atoms with van der Waals surface area (Å²) in [6.45, 7) is 0. The summed E-state index contributed by atoms with van der Waals surface area (Å²) in [5.74, 6) is 2.19. The third-order valence-corrected chi connectivity index (χ3v) is 3.79. The van der Waals surface area contributed by atoms with Gasteiger partial charge in [-0.2, -0.15) is 11.8 Å². The number of aliphatic imine (C=N–C) groups is 1. The molecule has 3 heteroatoms. The fourth-order valence-corrected chi connectivity index (χ4v) is 2.69. The molecule has 1 atom stereocenters. The Morgan fingerprint density at radius 1 is 1.25 bits per heavy atom. The van der Waals surface area contributed by atoms with E-state index in [0.29, 0.717) is 11.3 Å².